The summed E-state index contributed by atoms with van der Waals surface area (Å²) in [5.41, 5.74) is 0.434. The molecule has 1 aromatic carbocycles. The fraction of sp³-hybridized carbons (Fsp3) is 0.182. The van der Waals surface area contributed by atoms with Crippen molar-refractivity contribution in [2.45, 2.75) is 16.8 Å². The molecule has 0 aliphatic carbocycles. The van der Waals surface area contributed by atoms with Gasteiger partial charge in [0.1, 0.15) is 11.1 Å². The zero-order chi connectivity index (χ0) is 15.4. The summed E-state index contributed by atoms with van der Waals surface area (Å²) < 4.78 is 14.1. The number of rotatable bonds is 6. The molecule has 2 N–H and O–H groups in total. The molecule has 0 saturated heterocycles. The molecule has 1 atom stereocenters. The monoisotopic (exact) mass is 312 g/mol. The highest BCUT2D eigenvalue weighted by Crippen LogP contribution is 2.25. The van der Waals surface area contributed by atoms with E-state index in [4.69, 9.17) is 10.2 Å². The van der Waals surface area contributed by atoms with Gasteiger partial charge in [0.2, 0.25) is 5.16 Å². The number of aromatic nitrogens is 4. The van der Waals surface area contributed by atoms with Crippen molar-refractivity contribution in [1.82, 2.24) is 20.2 Å². The first-order valence-electron chi connectivity index (χ1n) is 5.63. The lowest BCUT2D eigenvalue weighted by atomic mass is 10.3. The van der Waals surface area contributed by atoms with Crippen LogP contribution in [0.25, 0.3) is 5.69 Å². The second-order valence-corrected chi connectivity index (χ2v) is 5.06. The second-order valence-electron chi connectivity index (χ2n) is 3.89. The predicted molar refractivity (Wildman–Crippen MR) is 68.6 cm³/mol. The largest absolute Gasteiger partial charge is 0.481 e. The van der Waals surface area contributed by atoms with Gasteiger partial charge in [-0.3, -0.25) is 9.59 Å². The Balaban J connectivity index is 2.25. The van der Waals surface area contributed by atoms with Gasteiger partial charge in [0.15, 0.2) is 0 Å². The lowest BCUT2D eigenvalue weighted by Gasteiger charge is -2.09. The van der Waals surface area contributed by atoms with Crippen molar-refractivity contribution in [3.05, 3.63) is 30.1 Å². The van der Waals surface area contributed by atoms with Crippen LogP contribution in [0.15, 0.2) is 29.4 Å². The fourth-order valence-corrected chi connectivity index (χ4v) is 2.37. The normalized spacial score (nSPS) is 12.0. The highest BCUT2D eigenvalue weighted by Gasteiger charge is 2.25. The fourth-order valence-electron chi connectivity index (χ4n) is 1.46. The zero-order valence-electron chi connectivity index (χ0n) is 10.4. The minimum Gasteiger partial charge on any atom is -0.481 e. The van der Waals surface area contributed by atoms with Crippen LogP contribution in [0.5, 0.6) is 0 Å². The third-order valence-electron chi connectivity index (χ3n) is 2.40. The van der Waals surface area contributed by atoms with Crippen LogP contribution in [0.3, 0.4) is 0 Å². The summed E-state index contributed by atoms with van der Waals surface area (Å²) in [6.07, 6.45) is -0.573. The highest BCUT2D eigenvalue weighted by atomic mass is 32.2. The number of carbonyl (C=O) groups is 2. The summed E-state index contributed by atoms with van der Waals surface area (Å²) in [5.74, 6) is -2.96. The van der Waals surface area contributed by atoms with Crippen molar-refractivity contribution < 1.29 is 24.2 Å². The molecule has 0 aliphatic heterocycles. The van der Waals surface area contributed by atoms with Crippen LogP contribution in [-0.2, 0) is 9.59 Å². The summed E-state index contributed by atoms with van der Waals surface area (Å²) >= 11 is 0.710. The van der Waals surface area contributed by atoms with Crippen molar-refractivity contribution >= 4 is 23.7 Å². The van der Waals surface area contributed by atoms with E-state index in [9.17, 15) is 14.0 Å². The van der Waals surface area contributed by atoms with Gasteiger partial charge in [-0.05, 0) is 34.7 Å². The summed E-state index contributed by atoms with van der Waals surface area (Å²) in [6.45, 7) is 0. The minimum atomic E-state index is -1.28. The van der Waals surface area contributed by atoms with Gasteiger partial charge < -0.3 is 10.2 Å². The summed E-state index contributed by atoms with van der Waals surface area (Å²) in [7, 11) is 0. The predicted octanol–water partition coefficient (Wildman–Crippen LogP) is 0.821. The Labute approximate surface area is 121 Å². The maximum atomic E-state index is 12.9. The van der Waals surface area contributed by atoms with Crippen LogP contribution in [0.4, 0.5) is 4.39 Å². The minimum absolute atomic E-state index is 0.107. The Morgan fingerprint density at radius 3 is 2.52 bits per heavy atom. The molecule has 8 nitrogen and oxygen atoms in total. The molecule has 21 heavy (non-hydrogen) atoms. The van der Waals surface area contributed by atoms with Gasteiger partial charge in [-0.15, -0.1) is 5.10 Å². The molecule has 0 bridgehead atoms. The van der Waals surface area contributed by atoms with Crippen LogP contribution >= 0.6 is 11.8 Å². The first-order chi connectivity index (χ1) is 9.97. The molecule has 0 amide bonds. The number of tetrazole rings is 1. The van der Waals surface area contributed by atoms with E-state index in [2.05, 4.69) is 15.5 Å². The van der Waals surface area contributed by atoms with E-state index in [1.165, 1.54) is 28.9 Å². The lowest BCUT2D eigenvalue weighted by Crippen LogP contribution is -2.21. The lowest BCUT2D eigenvalue weighted by molar-refractivity contribution is -0.142. The first-order valence-corrected chi connectivity index (χ1v) is 6.51. The zero-order valence-corrected chi connectivity index (χ0v) is 11.2. The van der Waals surface area contributed by atoms with E-state index < -0.39 is 29.4 Å². The number of carboxylic acids is 2. The third-order valence-corrected chi connectivity index (χ3v) is 3.51. The van der Waals surface area contributed by atoms with Gasteiger partial charge >= 0.3 is 11.9 Å². The molecule has 110 valence electrons. The van der Waals surface area contributed by atoms with Crippen LogP contribution in [0, 0.1) is 5.82 Å². The first kappa shape index (κ1) is 14.9. The molecule has 2 rings (SSSR count). The van der Waals surface area contributed by atoms with Gasteiger partial charge in [-0.25, -0.2) is 4.39 Å². The second kappa shape index (κ2) is 6.31. The van der Waals surface area contributed by atoms with Crippen molar-refractivity contribution in [3.8, 4) is 5.69 Å². The van der Waals surface area contributed by atoms with Gasteiger partial charge in [-0.1, -0.05) is 11.8 Å². The van der Waals surface area contributed by atoms with Crippen molar-refractivity contribution in [2.24, 2.45) is 0 Å². The molecule has 1 heterocycles. The van der Waals surface area contributed by atoms with Gasteiger partial charge in [0.25, 0.3) is 0 Å². The molecule has 2 aromatic rings. The molecule has 0 spiro atoms. The van der Waals surface area contributed by atoms with Crippen molar-refractivity contribution in [3.63, 3.8) is 0 Å². The molecule has 1 unspecified atom stereocenters. The Morgan fingerprint density at radius 1 is 1.29 bits per heavy atom. The molecule has 0 aliphatic rings. The van der Waals surface area contributed by atoms with Gasteiger partial charge in [-0.2, -0.15) is 4.68 Å². The van der Waals surface area contributed by atoms with Crippen LogP contribution in [0.2, 0.25) is 0 Å². The molecule has 10 heteroatoms. The number of aliphatic carboxylic acids is 2. The number of halogens is 1. The van der Waals surface area contributed by atoms with Crippen LogP contribution < -0.4 is 0 Å². The number of hydrogen-bond donors (Lipinski definition) is 2. The molecule has 0 fully saturated rings. The molecule has 1 aromatic heterocycles. The van der Waals surface area contributed by atoms with Crippen molar-refractivity contribution in [2.75, 3.05) is 0 Å². The van der Waals surface area contributed by atoms with E-state index in [1.54, 1.807) is 0 Å². The van der Waals surface area contributed by atoms with E-state index in [0.29, 0.717) is 17.4 Å². The maximum absolute atomic E-state index is 12.9. The third kappa shape index (κ3) is 3.75. The Kier molecular flexibility index (Phi) is 4.48. The Bertz CT molecular complexity index is 660. The Hall–Kier alpha value is -2.49. The molecule has 0 saturated carbocycles. The number of carboxylic acid groups (broad SMARTS) is 2. The molecular weight excluding hydrogens is 303 g/mol. The van der Waals surface area contributed by atoms with Crippen molar-refractivity contribution in [1.29, 1.82) is 0 Å². The van der Waals surface area contributed by atoms with Crippen LogP contribution in [0.1, 0.15) is 6.42 Å². The SMILES string of the molecule is O=C(O)CC(Sc1nnnn1-c1ccc(F)cc1)C(=O)O. The quantitative estimate of drug-likeness (QED) is 0.753. The topological polar surface area (TPSA) is 118 Å². The van der Waals surface area contributed by atoms with E-state index in [1.807, 2.05) is 0 Å². The van der Waals surface area contributed by atoms with Crippen LogP contribution in [-0.4, -0.2) is 47.6 Å². The average Bonchev–Trinajstić information content (AvgIpc) is 2.86. The van der Waals surface area contributed by atoms with Gasteiger partial charge in [0, 0.05) is 0 Å². The molecule has 0 radical (unpaired) electrons. The number of hydrogen-bond acceptors (Lipinski definition) is 6. The summed E-state index contributed by atoms with van der Waals surface area (Å²) in [6, 6.07) is 5.25. The summed E-state index contributed by atoms with van der Waals surface area (Å²) in [4.78, 5) is 21.7. The summed E-state index contributed by atoms with van der Waals surface area (Å²) in [5, 5.41) is 27.3. The van der Waals surface area contributed by atoms with Gasteiger partial charge in [0.05, 0.1) is 12.1 Å². The highest BCUT2D eigenvalue weighted by molar-refractivity contribution is 8.00. The maximum Gasteiger partial charge on any atom is 0.317 e. The number of thioether (sulfide) groups is 1. The van der Waals surface area contributed by atoms with E-state index in [-0.39, 0.29) is 5.16 Å². The smallest absolute Gasteiger partial charge is 0.317 e. The standard InChI is InChI=1S/C11H9FN4O4S/c12-6-1-3-7(4-2-6)16-11(13-14-15-16)21-8(10(19)20)5-9(17)18/h1-4,8H,5H2,(H,17,18)(H,19,20). The Morgan fingerprint density at radius 2 is 1.95 bits per heavy atom. The average molecular weight is 312 g/mol. The van der Waals surface area contributed by atoms with E-state index in [0.717, 1.165) is 0 Å². The molecular formula is C11H9FN4O4S. The number of nitrogens with zero attached hydrogens (tertiary/aromatic N) is 4. The van der Waals surface area contributed by atoms with E-state index >= 15 is 0 Å². The number of benzene rings is 1.